The van der Waals surface area contributed by atoms with Crippen molar-refractivity contribution < 1.29 is 5.11 Å². The largest absolute Gasteiger partial charge is 0.388 e. The normalized spacial score (nSPS) is 11.5. The van der Waals surface area contributed by atoms with Gasteiger partial charge in [-0.25, -0.2) is 4.98 Å². The Morgan fingerprint density at radius 3 is 2.76 bits per heavy atom. The zero-order chi connectivity index (χ0) is 12.3. The highest BCUT2D eigenvalue weighted by Crippen LogP contribution is 2.16. The molecule has 1 aromatic heterocycles. The van der Waals surface area contributed by atoms with Crippen LogP contribution in [0, 0.1) is 0 Å². The fourth-order valence-electron chi connectivity index (χ4n) is 2.04. The lowest BCUT2D eigenvalue weighted by molar-refractivity contribution is 0.264. The molecule has 0 aliphatic heterocycles. The van der Waals surface area contributed by atoms with E-state index in [9.17, 15) is 5.11 Å². The molecule has 0 saturated heterocycles. The molecule has 4 nitrogen and oxygen atoms in total. The monoisotopic (exact) mass is 233 g/mol. The molecular formula is C13H19N3O. The highest BCUT2D eigenvalue weighted by molar-refractivity contribution is 5.75. The first-order chi connectivity index (χ1) is 8.22. The Bertz CT molecular complexity index is 490. The first-order valence-corrected chi connectivity index (χ1v) is 5.92. The Hall–Kier alpha value is -1.39. The van der Waals surface area contributed by atoms with Crippen molar-refractivity contribution in [3.05, 3.63) is 30.1 Å². The summed E-state index contributed by atoms with van der Waals surface area (Å²) in [6.07, 6.45) is 1.06. The second-order valence-corrected chi connectivity index (χ2v) is 4.48. The van der Waals surface area contributed by atoms with Crippen molar-refractivity contribution in [3.63, 3.8) is 0 Å². The van der Waals surface area contributed by atoms with Crippen LogP contribution in [0.1, 0.15) is 12.2 Å². The van der Waals surface area contributed by atoms with Crippen LogP contribution in [0.4, 0.5) is 0 Å². The average molecular weight is 233 g/mol. The van der Waals surface area contributed by atoms with Gasteiger partial charge in [-0.2, -0.15) is 0 Å². The number of fused-ring (bicyclic) bond motifs is 1. The van der Waals surface area contributed by atoms with Crippen LogP contribution in [0.15, 0.2) is 24.3 Å². The van der Waals surface area contributed by atoms with Gasteiger partial charge in [0.15, 0.2) is 0 Å². The van der Waals surface area contributed by atoms with Crippen molar-refractivity contribution >= 4 is 11.0 Å². The minimum absolute atomic E-state index is 0.00333. The molecule has 17 heavy (non-hydrogen) atoms. The van der Waals surface area contributed by atoms with Gasteiger partial charge in [-0.05, 0) is 39.2 Å². The molecule has 0 aliphatic carbocycles. The van der Waals surface area contributed by atoms with E-state index in [1.54, 1.807) is 0 Å². The highest BCUT2D eigenvalue weighted by atomic mass is 16.3. The summed E-state index contributed by atoms with van der Waals surface area (Å²) in [5, 5.41) is 9.33. The summed E-state index contributed by atoms with van der Waals surface area (Å²) in [6.45, 7) is 1.93. The van der Waals surface area contributed by atoms with Gasteiger partial charge in [0.1, 0.15) is 12.4 Å². The van der Waals surface area contributed by atoms with Crippen molar-refractivity contribution in [1.82, 2.24) is 14.5 Å². The van der Waals surface area contributed by atoms with Gasteiger partial charge in [-0.15, -0.1) is 0 Å². The van der Waals surface area contributed by atoms with Crippen molar-refractivity contribution in [1.29, 1.82) is 0 Å². The summed E-state index contributed by atoms with van der Waals surface area (Å²) in [4.78, 5) is 6.59. The van der Waals surface area contributed by atoms with Gasteiger partial charge < -0.3 is 14.6 Å². The Morgan fingerprint density at radius 1 is 1.29 bits per heavy atom. The molecule has 0 saturated carbocycles. The van der Waals surface area contributed by atoms with Crippen LogP contribution in [-0.4, -0.2) is 40.2 Å². The number of aliphatic hydroxyl groups is 1. The number of nitrogens with zero attached hydrogens (tertiary/aromatic N) is 3. The molecule has 0 spiro atoms. The molecule has 0 fully saturated rings. The lowest BCUT2D eigenvalue weighted by Crippen LogP contribution is -2.15. The Labute approximate surface area is 101 Å². The minimum Gasteiger partial charge on any atom is -0.388 e. The van der Waals surface area contributed by atoms with Gasteiger partial charge in [-0.3, -0.25) is 0 Å². The maximum absolute atomic E-state index is 9.33. The summed E-state index contributed by atoms with van der Waals surface area (Å²) in [5.41, 5.74) is 2.07. The number of benzene rings is 1. The van der Waals surface area contributed by atoms with Crippen LogP contribution in [0.3, 0.4) is 0 Å². The van der Waals surface area contributed by atoms with Crippen molar-refractivity contribution in [3.8, 4) is 0 Å². The van der Waals surface area contributed by atoms with E-state index < -0.39 is 0 Å². The minimum atomic E-state index is -0.00333. The third-order valence-electron chi connectivity index (χ3n) is 2.86. The summed E-state index contributed by atoms with van der Waals surface area (Å²) in [5.74, 6) is 0.755. The number of aromatic nitrogens is 2. The summed E-state index contributed by atoms with van der Waals surface area (Å²) in [6, 6.07) is 8.02. The van der Waals surface area contributed by atoms with Gasteiger partial charge in [0, 0.05) is 6.54 Å². The van der Waals surface area contributed by atoms with Crippen LogP contribution >= 0.6 is 0 Å². The lowest BCUT2D eigenvalue weighted by atomic mass is 10.3. The number of hydrogen-bond donors (Lipinski definition) is 1. The second kappa shape index (κ2) is 5.29. The van der Waals surface area contributed by atoms with E-state index in [4.69, 9.17) is 0 Å². The third-order valence-corrected chi connectivity index (χ3v) is 2.86. The predicted molar refractivity (Wildman–Crippen MR) is 68.8 cm³/mol. The lowest BCUT2D eigenvalue weighted by Gasteiger charge is -2.11. The zero-order valence-corrected chi connectivity index (χ0v) is 10.4. The fourth-order valence-corrected chi connectivity index (χ4v) is 2.04. The molecule has 0 radical (unpaired) electrons. The van der Waals surface area contributed by atoms with Crippen LogP contribution < -0.4 is 0 Å². The van der Waals surface area contributed by atoms with E-state index >= 15 is 0 Å². The fraction of sp³-hybridized carbons (Fsp3) is 0.462. The van der Waals surface area contributed by atoms with Gasteiger partial charge >= 0.3 is 0 Å². The topological polar surface area (TPSA) is 41.3 Å². The standard InChI is InChI=1S/C13H19N3O/c1-15(2)8-5-9-16-12-7-4-3-6-11(12)14-13(16)10-17/h3-4,6-7,17H,5,8-10H2,1-2H3. The zero-order valence-electron chi connectivity index (χ0n) is 10.4. The van der Waals surface area contributed by atoms with E-state index in [0.29, 0.717) is 0 Å². The Kier molecular flexibility index (Phi) is 3.76. The number of aryl methyl sites for hydroxylation is 1. The van der Waals surface area contributed by atoms with Crippen molar-refractivity contribution in [2.45, 2.75) is 19.6 Å². The molecule has 1 heterocycles. The molecule has 0 unspecified atom stereocenters. The molecule has 1 N–H and O–H groups in total. The average Bonchev–Trinajstić information content (AvgIpc) is 2.67. The molecule has 0 bridgehead atoms. The summed E-state index contributed by atoms with van der Waals surface area (Å²) >= 11 is 0. The predicted octanol–water partition coefficient (Wildman–Crippen LogP) is 1.48. The first-order valence-electron chi connectivity index (χ1n) is 5.92. The highest BCUT2D eigenvalue weighted by Gasteiger charge is 2.08. The van der Waals surface area contributed by atoms with E-state index in [1.165, 1.54) is 0 Å². The molecule has 0 aliphatic rings. The van der Waals surface area contributed by atoms with Gasteiger partial charge in [-0.1, -0.05) is 12.1 Å². The van der Waals surface area contributed by atoms with Crippen LogP contribution in [0.25, 0.3) is 11.0 Å². The maximum Gasteiger partial charge on any atom is 0.135 e. The van der Waals surface area contributed by atoms with Gasteiger partial charge in [0.25, 0.3) is 0 Å². The van der Waals surface area contributed by atoms with Crippen molar-refractivity contribution in [2.24, 2.45) is 0 Å². The Balaban J connectivity index is 2.24. The first kappa shape index (κ1) is 12.1. The van der Waals surface area contributed by atoms with Crippen LogP contribution in [0.5, 0.6) is 0 Å². The number of hydrogen-bond acceptors (Lipinski definition) is 3. The number of para-hydroxylation sites is 2. The molecular weight excluding hydrogens is 214 g/mol. The SMILES string of the molecule is CN(C)CCCn1c(CO)nc2ccccc21. The summed E-state index contributed by atoms with van der Waals surface area (Å²) in [7, 11) is 4.14. The quantitative estimate of drug-likeness (QED) is 0.850. The number of aliphatic hydroxyl groups excluding tert-OH is 1. The molecule has 0 atom stereocenters. The number of rotatable bonds is 5. The summed E-state index contributed by atoms with van der Waals surface area (Å²) < 4.78 is 2.11. The second-order valence-electron chi connectivity index (χ2n) is 4.48. The molecule has 1 aromatic carbocycles. The van der Waals surface area contributed by atoms with Gasteiger partial charge in [0.2, 0.25) is 0 Å². The van der Waals surface area contributed by atoms with Crippen molar-refractivity contribution in [2.75, 3.05) is 20.6 Å². The van der Waals surface area contributed by atoms with E-state index in [0.717, 1.165) is 36.4 Å². The smallest absolute Gasteiger partial charge is 0.135 e. The maximum atomic E-state index is 9.33. The molecule has 2 rings (SSSR count). The van der Waals surface area contributed by atoms with E-state index in [-0.39, 0.29) is 6.61 Å². The van der Waals surface area contributed by atoms with Crippen LogP contribution in [0.2, 0.25) is 0 Å². The third kappa shape index (κ3) is 2.65. The van der Waals surface area contributed by atoms with E-state index in [2.05, 4.69) is 34.6 Å². The molecule has 4 heteroatoms. The van der Waals surface area contributed by atoms with Gasteiger partial charge in [0.05, 0.1) is 11.0 Å². The molecule has 0 amide bonds. The molecule has 2 aromatic rings. The van der Waals surface area contributed by atoms with Crippen LogP contribution in [-0.2, 0) is 13.2 Å². The van der Waals surface area contributed by atoms with E-state index in [1.807, 2.05) is 18.2 Å². The molecule has 92 valence electrons. The number of imidazole rings is 1. The Morgan fingerprint density at radius 2 is 2.06 bits per heavy atom.